The molecule has 0 radical (unpaired) electrons. The average molecular weight is 507 g/mol. The van der Waals surface area contributed by atoms with Gasteiger partial charge in [0.15, 0.2) is 0 Å². The number of likely N-dealkylation sites (tertiary alicyclic amines) is 1. The van der Waals surface area contributed by atoms with Gasteiger partial charge in [-0.2, -0.15) is 0 Å². The molecular weight excluding hydrogens is 464 g/mol. The summed E-state index contributed by atoms with van der Waals surface area (Å²) in [6, 6.07) is 9.89. The summed E-state index contributed by atoms with van der Waals surface area (Å²) in [5.74, 6) is -0.0225. The summed E-state index contributed by atoms with van der Waals surface area (Å²) in [6.07, 6.45) is 4.91. The highest BCUT2D eigenvalue weighted by molar-refractivity contribution is 7.90. The molecule has 8 nitrogen and oxygen atoms in total. The van der Waals surface area contributed by atoms with Crippen LogP contribution in [0, 0.1) is 0 Å². The van der Waals surface area contributed by atoms with Crippen LogP contribution < -0.4 is 10.0 Å². The fraction of sp³-hybridized carbons (Fsp3) is 0.692. The van der Waals surface area contributed by atoms with E-state index in [2.05, 4.69) is 39.2 Å². The summed E-state index contributed by atoms with van der Waals surface area (Å²) in [5, 5.41) is 2.56. The number of carbonyl (C=O) groups is 2. The molecule has 2 saturated heterocycles. The van der Waals surface area contributed by atoms with E-state index in [1.165, 1.54) is 5.56 Å². The minimum Gasteiger partial charge on any atom is -0.342 e. The van der Waals surface area contributed by atoms with Crippen LogP contribution in [0.5, 0.6) is 0 Å². The summed E-state index contributed by atoms with van der Waals surface area (Å²) in [6.45, 7) is 8.81. The van der Waals surface area contributed by atoms with Crippen LogP contribution in [0.15, 0.2) is 30.3 Å². The molecule has 35 heavy (non-hydrogen) atoms. The van der Waals surface area contributed by atoms with Gasteiger partial charge in [-0.1, -0.05) is 37.3 Å². The lowest BCUT2D eigenvalue weighted by atomic mass is 9.81. The maximum Gasteiger partial charge on any atom is 0.246 e. The lowest BCUT2D eigenvalue weighted by molar-refractivity contribution is -0.161. The van der Waals surface area contributed by atoms with Crippen LogP contribution in [-0.2, 0) is 26.0 Å². The van der Waals surface area contributed by atoms with E-state index < -0.39 is 26.9 Å². The van der Waals surface area contributed by atoms with Crippen molar-refractivity contribution in [1.29, 1.82) is 0 Å². The monoisotopic (exact) mass is 506 g/mol. The molecule has 2 heterocycles. The fourth-order valence-electron chi connectivity index (χ4n) is 5.05. The van der Waals surface area contributed by atoms with Crippen molar-refractivity contribution in [2.75, 3.05) is 32.7 Å². The molecule has 2 amide bonds. The number of nitrogens with zero attached hydrogens (tertiary/aromatic N) is 2. The van der Waals surface area contributed by atoms with Crippen molar-refractivity contribution >= 4 is 21.8 Å². The van der Waals surface area contributed by atoms with Crippen LogP contribution in [0.25, 0.3) is 0 Å². The number of carbonyl (C=O) groups excluding carboxylic acids is 2. The quantitative estimate of drug-likeness (QED) is 0.424. The first-order valence-electron chi connectivity index (χ1n) is 13.1. The molecule has 1 spiro atoms. The second-order valence-corrected chi connectivity index (χ2v) is 12.4. The van der Waals surface area contributed by atoms with Gasteiger partial charge in [0.1, 0.15) is 11.6 Å². The smallest absolute Gasteiger partial charge is 0.246 e. The number of nitrogens with one attached hydrogen (secondary N) is 2. The van der Waals surface area contributed by atoms with Crippen molar-refractivity contribution in [3.63, 3.8) is 0 Å². The number of amides is 2. The van der Waals surface area contributed by atoms with Crippen LogP contribution in [0.2, 0.25) is 0 Å². The first-order chi connectivity index (χ1) is 16.7. The van der Waals surface area contributed by atoms with Crippen molar-refractivity contribution in [3.05, 3.63) is 35.9 Å². The summed E-state index contributed by atoms with van der Waals surface area (Å²) in [5.41, 5.74) is 0.561. The van der Waals surface area contributed by atoms with Gasteiger partial charge in [0.25, 0.3) is 0 Å². The Balaban J connectivity index is 1.53. The Bertz CT molecular complexity index is 943. The number of hydrogen-bond acceptors (Lipinski definition) is 5. The zero-order valence-corrected chi connectivity index (χ0v) is 22.3. The molecule has 9 heteroatoms. The standard InChI is InChI=1S/C26H42N4O4S/c1-4-17-30-24(31)23(12-8-9-16-27-35(33,34)21(2)3)28-25(32)26(30)14-19-29(20-15-26)18-13-22-10-6-5-7-11-22/h5-7,10-11,21,23,27H,4,8-9,12-20H2,1-3H3,(H,28,32)/t23-/m0/s1. The molecule has 0 aromatic heterocycles. The molecule has 1 atom stereocenters. The summed E-state index contributed by atoms with van der Waals surface area (Å²) < 4.78 is 26.4. The zero-order valence-electron chi connectivity index (χ0n) is 21.5. The Labute approximate surface area is 210 Å². The number of benzene rings is 1. The molecule has 2 aliphatic rings. The number of unbranched alkanes of at least 4 members (excludes halogenated alkanes) is 1. The summed E-state index contributed by atoms with van der Waals surface area (Å²) >= 11 is 0. The van der Waals surface area contributed by atoms with E-state index in [0.717, 1.165) is 32.5 Å². The predicted octanol–water partition coefficient (Wildman–Crippen LogP) is 2.30. The maximum atomic E-state index is 13.4. The van der Waals surface area contributed by atoms with Gasteiger partial charge in [-0.25, -0.2) is 13.1 Å². The van der Waals surface area contributed by atoms with Crippen LogP contribution in [-0.4, -0.2) is 79.6 Å². The maximum absolute atomic E-state index is 13.4. The summed E-state index contributed by atoms with van der Waals surface area (Å²) in [4.78, 5) is 31.1. The number of hydrogen-bond donors (Lipinski definition) is 2. The first-order valence-corrected chi connectivity index (χ1v) is 14.6. The third-order valence-corrected chi connectivity index (χ3v) is 9.19. The van der Waals surface area contributed by atoms with Crippen molar-refractivity contribution in [1.82, 2.24) is 19.8 Å². The minimum absolute atomic E-state index is 0.00643. The van der Waals surface area contributed by atoms with Gasteiger partial charge in [-0.3, -0.25) is 9.59 Å². The Morgan fingerprint density at radius 2 is 1.77 bits per heavy atom. The molecule has 0 bridgehead atoms. The highest BCUT2D eigenvalue weighted by Crippen LogP contribution is 2.34. The highest BCUT2D eigenvalue weighted by atomic mass is 32.2. The molecule has 0 saturated carbocycles. The Morgan fingerprint density at radius 3 is 2.40 bits per heavy atom. The van der Waals surface area contributed by atoms with Gasteiger partial charge < -0.3 is 15.1 Å². The van der Waals surface area contributed by atoms with Crippen molar-refractivity contribution in [2.24, 2.45) is 0 Å². The third kappa shape index (κ3) is 6.83. The number of sulfonamides is 1. The highest BCUT2D eigenvalue weighted by Gasteiger charge is 2.52. The van der Waals surface area contributed by atoms with Crippen molar-refractivity contribution in [3.8, 4) is 0 Å². The van der Waals surface area contributed by atoms with E-state index >= 15 is 0 Å². The van der Waals surface area contributed by atoms with Crippen molar-refractivity contribution < 1.29 is 18.0 Å². The molecule has 0 unspecified atom stereocenters. The zero-order chi connectivity index (χ0) is 25.5. The molecule has 2 N–H and O–H groups in total. The molecular formula is C26H42N4O4S. The average Bonchev–Trinajstić information content (AvgIpc) is 2.84. The van der Waals surface area contributed by atoms with Gasteiger partial charge in [0.2, 0.25) is 21.8 Å². The molecule has 1 aromatic carbocycles. The molecule has 3 rings (SSSR count). The van der Waals surface area contributed by atoms with E-state index in [-0.39, 0.29) is 11.8 Å². The van der Waals surface area contributed by atoms with Crippen LogP contribution in [0.4, 0.5) is 0 Å². The normalized spacial score (nSPS) is 21.0. The van der Waals surface area contributed by atoms with Gasteiger partial charge in [0.05, 0.1) is 5.25 Å². The number of rotatable bonds is 12. The number of piperidine rings is 1. The lowest BCUT2D eigenvalue weighted by Crippen LogP contribution is -2.72. The molecule has 0 aliphatic carbocycles. The Kier molecular flexibility index (Phi) is 9.72. The second-order valence-electron chi connectivity index (χ2n) is 10.1. The molecule has 2 fully saturated rings. The molecule has 2 aliphatic heterocycles. The van der Waals surface area contributed by atoms with Crippen LogP contribution in [0.3, 0.4) is 0 Å². The van der Waals surface area contributed by atoms with Gasteiger partial charge in [0, 0.05) is 32.7 Å². The van der Waals surface area contributed by atoms with Crippen LogP contribution >= 0.6 is 0 Å². The second kappa shape index (κ2) is 12.3. The lowest BCUT2D eigenvalue weighted by Gasteiger charge is -2.51. The van der Waals surface area contributed by atoms with Crippen LogP contribution in [0.1, 0.15) is 64.9 Å². The first kappa shape index (κ1) is 27.6. The molecule has 196 valence electrons. The fourth-order valence-corrected chi connectivity index (χ4v) is 5.81. The molecule has 1 aromatic rings. The Morgan fingerprint density at radius 1 is 1.09 bits per heavy atom. The third-order valence-electron chi connectivity index (χ3n) is 7.34. The van der Waals surface area contributed by atoms with E-state index in [1.54, 1.807) is 13.8 Å². The minimum atomic E-state index is -3.28. The SMILES string of the molecule is CCCN1C(=O)[C@H](CCCCNS(=O)(=O)C(C)C)NC(=O)C12CCN(CCc1ccccc1)CC2. The van der Waals surface area contributed by atoms with Gasteiger partial charge in [-0.15, -0.1) is 0 Å². The van der Waals surface area contributed by atoms with E-state index in [9.17, 15) is 18.0 Å². The predicted molar refractivity (Wildman–Crippen MR) is 138 cm³/mol. The van der Waals surface area contributed by atoms with E-state index in [1.807, 2.05) is 17.9 Å². The Hall–Kier alpha value is -1.97. The van der Waals surface area contributed by atoms with E-state index in [0.29, 0.717) is 45.2 Å². The van der Waals surface area contributed by atoms with Crippen molar-refractivity contribution in [2.45, 2.75) is 82.5 Å². The van der Waals surface area contributed by atoms with Gasteiger partial charge in [-0.05, 0) is 64.4 Å². The number of piperazine rings is 1. The largest absolute Gasteiger partial charge is 0.342 e. The summed E-state index contributed by atoms with van der Waals surface area (Å²) in [7, 11) is -3.28. The van der Waals surface area contributed by atoms with E-state index in [4.69, 9.17) is 0 Å². The van der Waals surface area contributed by atoms with Gasteiger partial charge >= 0.3 is 0 Å². The topological polar surface area (TPSA) is 98.8 Å².